The minimum atomic E-state index is 0. The second-order valence-corrected chi connectivity index (χ2v) is 2.59. The van der Waals surface area contributed by atoms with Crippen LogP contribution in [0.15, 0.2) is 0 Å². The van der Waals surface area contributed by atoms with Gasteiger partial charge < -0.3 is 15.0 Å². The Labute approximate surface area is 87.8 Å². The van der Waals surface area contributed by atoms with Gasteiger partial charge in [-0.2, -0.15) is 0 Å². The monoisotopic (exact) mass is 374 g/mol. The molecule has 3 nitrogen and oxygen atoms in total. The Hall–Kier alpha value is 0.410. The maximum absolute atomic E-state index is 4.72. The van der Waals surface area contributed by atoms with E-state index in [1.165, 1.54) is 0 Å². The molecular weight excluding hydrogens is 371 g/mol. The summed E-state index contributed by atoms with van der Waals surface area (Å²) < 4.78 is 1.34. The van der Waals surface area contributed by atoms with Gasteiger partial charge in [0, 0.05) is 22.4 Å². The molecule has 0 saturated heterocycles. The van der Waals surface area contributed by atoms with Crippen LogP contribution >= 0.6 is 36.7 Å². The molecule has 0 fully saturated rings. The Morgan fingerprint density at radius 3 is 1.10 bits per heavy atom. The first-order valence-electron chi connectivity index (χ1n) is 2.11. The number of nitrogens with one attached hydrogen (secondary N) is 3. The summed E-state index contributed by atoms with van der Waals surface area (Å²) >= 11 is 14.2. The predicted octanol–water partition coefficient (Wildman–Crippen LogP) is 1.86. The third kappa shape index (κ3) is 3.00. The fraction of sp³-hybridized carbons (Fsp3) is 0. The fourth-order valence-electron chi connectivity index (χ4n) is 0.403. The Bertz CT molecular complexity index is 281. The molecule has 0 amide bonds. The number of rotatable bonds is 0. The van der Waals surface area contributed by atoms with E-state index in [1.807, 2.05) is 0 Å². The Morgan fingerprint density at radius 1 is 0.700 bits per heavy atom. The van der Waals surface area contributed by atoms with E-state index in [-0.39, 0.29) is 22.4 Å². The largest absolute Gasteiger partial charge is 0.309 e. The average molecular weight is 374 g/mol. The third-order valence-corrected chi connectivity index (χ3v) is 1.29. The summed E-state index contributed by atoms with van der Waals surface area (Å²) in [5.41, 5.74) is 0. The molecule has 3 N–H and O–H groups in total. The maximum atomic E-state index is 4.72. The smallest absolute Gasteiger partial charge is 0.178 e. The molecule has 0 aliphatic rings. The van der Waals surface area contributed by atoms with E-state index < -0.39 is 0 Å². The molecule has 0 aliphatic carbocycles. The standard InChI is InChI=1S/C3H3N3S3.Au/c7-1-4-2(8)6-3(9)5-1;/h(H3,4,5,6,7,8,9);. The number of aromatic nitrogens is 3. The molecule has 0 saturated carbocycles. The van der Waals surface area contributed by atoms with Crippen LogP contribution in [-0.4, -0.2) is 15.0 Å². The average Bonchev–Trinajstić information content (AvgIpc) is 1.59. The molecule has 0 unspecified atom stereocenters. The molecule has 0 aromatic carbocycles. The molecule has 59 valence electrons. The van der Waals surface area contributed by atoms with Gasteiger partial charge in [-0.05, 0) is 36.7 Å². The predicted molar refractivity (Wildman–Crippen MR) is 42.0 cm³/mol. The summed E-state index contributed by atoms with van der Waals surface area (Å²) in [4.78, 5) is 7.99. The van der Waals surface area contributed by atoms with Crippen molar-refractivity contribution in [3.63, 3.8) is 0 Å². The van der Waals surface area contributed by atoms with Crippen molar-refractivity contribution in [2.24, 2.45) is 0 Å². The molecule has 1 heterocycles. The zero-order valence-electron chi connectivity index (χ0n) is 4.53. The summed E-state index contributed by atoms with van der Waals surface area (Å²) in [6, 6.07) is 0. The molecule has 1 radical (unpaired) electrons. The van der Waals surface area contributed by atoms with Crippen LogP contribution in [0.1, 0.15) is 0 Å². The number of hydrogen-bond donors (Lipinski definition) is 3. The molecule has 7 heteroatoms. The normalized spacial score (nSPS) is 8.40. The van der Waals surface area contributed by atoms with Crippen molar-refractivity contribution in [3.8, 4) is 0 Å². The van der Waals surface area contributed by atoms with Gasteiger partial charge in [0.15, 0.2) is 14.3 Å². The minimum Gasteiger partial charge on any atom is -0.309 e. The van der Waals surface area contributed by atoms with Crippen molar-refractivity contribution in [1.82, 2.24) is 15.0 Å². The molecule has 0 aliphatic heterocycles. The van der Waals surface area contributed by atoms with Crippen LogP contribution in [0, 0.1) is 14.3 Å². The van der Waals surface area contributed by atoms with Gasteiger partial charge in [0.2, 0.25) is 0 Å². The topological polar surface area (TPSA) is 47.4 Å². The van der Waals surface area contributed by atoms with Crippen molar-refractivity contribution in [2.75, 3.05) is 0 Å². The van der Waals surface area contributed by atoms with E-state index in [0.717, 1.165) is 0 Å². The van der Waals surface area contributed by atoms with E-state index in [0.29, 0.717) is 14.3 Å². The van der Waals surface area contributed by atoms with Crippen LogP contribution in [-0.2, 0) is 22.4 Å². The van der Waals surface area contributed by atoms with Gasteiger partial charge in [-0.1, -0.05) is 0 Å². The molecule has 1 aromatic rings. The first-order chi connectivity index (χ1) is 4.18. The third-order valence-electron chi connectivity index (χ3n) is 0.681. The van der Waals surface area contributed by atoms with E-state index in [4.69, 9.17) is 36.7 Å². The molecule has 1 aromatic heterocycles. The SMILES string of the molecule is S=c1[nH]c(=S)[nH]c(=S)[nH]1.[Au]. The van der Waals surface area contributed by atoms with Crippen LogP contribution in [0.4, 0.5) is 0 Å². The number of H-pyrrole nitrogens is 3. The van der Waals surface area contributed by atoms with Crippen molar-refractivity contribution in [2.45, 2.75) is 0 Å². The zero-order valence-corrected chi connectivity index (χ0v) is 9.14. The van der Waals surface area contributed by atoms with Crippen molar-refractivity contribution in [1.29, 1.82) is 0 Å². The van der Waals surface area contributed by atoms with E-state index in [9.17, 15) is 0 Å². The van der Waals surface area contributed by atoms with Crippen LogP contribution < -0.4 is 0 Å². The van der Waals surface area contributed by atoms with E-state index in [2.05, 4.69) is 15.0 Å². The van der Waals surface area contributed by atoms with Crippen molar-refractivity contribution < 1.29 is 22.4 Å². The maximum Gasteiger partial charge on any atom is 0.178 e. The molecule has 0 atom stereocenters. The summed E-state index contributed by atoms with van der Waals surface area (Å²) in [5, 5.41) is 0. The Kier molecular flexibility index (Phi) is 4.50. The van der Waals surface area contributed by atoms with Crippen LogP contribution in [0.3, 0.4) is 0 Å². The summed E-state index contributed by atoms with van der Waals surface area (Å²) in [5.74, 6) is 0. The van der Waals surface area contributed by atoms with Crippen LogP contribution in [0.2, 0.25) is 0 Å². The molecular formula is C3H3AuN3S3. The molecule has 0 spiro atoms. The fourth-order valence-corrected chi connectivity index (χ4v) is 1.21. The number of aromatic amines is 3. The number of hydrogen-bond acceptors (Lipinski definition) is 3. The van der Waals surface area contributed by atoms with Gasteiger partial charge in [-0.15, -0.1) is 0 Å². The second kappa shape index (κ2) is 4.32. The summed E-state index contributed by atoms with van der Waals surface area (Å²) in [7, 11) is 0. The van der Waals surface area contributed by atoms with Gasteiger partial charge in [-0.25, -0.2) is 0 Å². The van der Waals surface area contributed by atoms with Crippen LogP contribution in [0.25, 0.3) is 0 Å². The van der Waals surface area contributed by atoms with Crippen molar-refractivity contribution in [3.05, 3.63) is 14.3 Å². The zero-order chi connectivity index (χ0) is 6.85. The van der Waals surface area contributed by atoms with E-state index in [1.54, 1.807) is 0 Å². The Morgan fingerprint density at radius 2 is 0.900 bits per heavy atom. The first-order valence-corrected chi connectivity index (χ1v) is 3.34. The summed E-state index contributed by atoms with van der Waals surface area (Å²) in [6.07, 6.45) is 0. The Balaban J connectivity index is 0.000000810. The van der Waals surface area contributed by atoms with Gasteiger partial charge in [0.25, 0.3) is 0 Å². The minimum absolute atomic E-state index is 0. The van der Waals surface area contributed by atoms with Gasteiger partial charge in [0.1, 0.15) is 0 Å². The molecule has 10 heavy (non-hydrogen) atoms. The summed E-state index contributed by atoms with van der Waals surface area (Å²) in [6.45, 7) is 0. The second-order valence-electron chi connectivity index (χ2n) is 1.36. The quantitative estimate of drug-likeness (QED) is 0.480. The van der Waals surface area contributed by atoms with E-state index >= 15 is 0 Å². The van der Waals surface area contributed by atoms with Crippen LogP contribution in [0.5, 0.6) is 0 Å². The first kappa shape index (κ1) is 10.4. The van der Waals surface area contributed by atoms with Gasteiger partial charge in [-0.3, -0.25) is 0 Å². The molecule has 0 bridgehead atoms. The van der Waals surface area contributed by atoms with Gasteiger partial charge >= 0.3 is 0 Å². The molecule has 1 rings (SSSR count). The van der Waals surface area contributed by atoms with Crippen molar-refractivity contribution >= 4 is 36.7 Å². The van der Waals surface area contributed by atoms with Gasteiger partial charge in [0.05, 0.1) is 0 Å².